The Hall–Kier alpha value is -1.56. The van der Waals surface area contributed by atoms with E-state index >= 15 is 0 Å². The minimum absolute atomic E-state index is 0.0650. The SMILES string of the molecule is Cc1ccc2n1[C@@H]1[C@@H]3O[C@]([C@H](C)O)([C@H](O)C2)[C@H]1c1ccc(C)n1[C@@H]3C. The van der Waals surface area contributed by atoms with Gasteiger partial charge in [-0.3, -0.25) is 0 Å². The number of nitrogens with zero attached hydrogens (tertiary/aromatic N) is 2. The van der Waals surface area contributed by atoms with Crippen molar-refractivity contribution in [1.82, 2.24) is 9.13 Å². The molecule has 0 unspecified atom stereocenters. The first kappa shape index (κ1) is 15.7. The molecular weight excluding hydrogens is 316 g/mol. The van der Waals surface area contributed by atoms with Gasteiger partial charge >= 0.3 is 0 Å². The number of fused-ring (bicyclic) bond motifs is 2. The Labute approximate surface area is 147 Å². The van der Waals surface area contributed by atoms with Crippen LogP contribution in [0.1, 0.15) is 54.6 Å². The van der Waals surface area contributed by atoms with Crippen LogP contribution in [0.15, 0.2) is 24.3 Å². The van der Waals surface area contributed by atoms with Crippen molar-refractivity contribution in [3.8, 4) is 0 Å². The Morgan fingerprint density at radius 1 is 1.16 bits per heavy atom. The summed E-state index contributed by atoms with van der Waals surface area (Å²) in [5.41, 5.74) is 3.75. The third-order valence-corrected chi connectivity index (χ3v) is 6.94. The summed E-state index contributed by atoms with van der Waals surface area (Å²) in [6, 6.07) is 8.80. The Bertz CT molecular complexity index is 851. The molecule has 5 nitrogen and oxygen atoms in total. The van der Waals surface area contributed by atoms with Crippen LogP contribution in [-0.2, 0) is 11.2 Å². The maximum Gasteiger partial charge on any atom is 0.131 e. The van der Waals surface area contributed by atoms with E-state index in [0.29, 0.717) is 6.42 Å². The largest absolute Gasteiger partial charge is 0.390 e. The van der Waals surface area contributed by atoms with Gasteiger partial charge in [-0.2, -0.15) is 0 Å². The smallest absolute Gasteiger partial charge is 0.131 e. The Morgan fingerprint density at radius 2 is 1.84 bits per heavy atom. The van der Waals surface area contributed by atoms with Crippen LogP contribution >= 0.6 is 0 Å². The summed E-state index contributed by atoms with van der Waals surface area (Å²) >= 11 is 0. The molecule has 2 aromatic rings. The summed E-state index contributed by atoms with van der Waals surface area (Å²) in [4.78, 5) is 0. The van der Waals surface area contributed by atoms with E-state index < -0.39 is 17.8 Å². The van der Waals surface area contributed by atoms with Gasteiger partial charge in [-0.25, -0.2) is 0 Å². The van der Waals surface area contributed by atoms with Crippen molar-refractivity contribution in [2.75, 3.05) is 0 Å². The molecule has 3 aliphatic rings. The van der Waals surface area contributed by atoms with Crippen molar-refractivity contribution in [2.45, 2.75) is 76.0 Å². The molecule has 7 atom stereocenters. The lowest BCUT2D eigenvalue weighted by molar-refractivity contribution is -0.177. The second-order valence-electron chi connectivity index (χ2n) is 8.15. The standard InChI is InChI=1S/C20H26N2O3/c1-10-6-8-15-17-18-19(12(3)21(10)15)25-20(17,13(4)23)16(24)9-14-7-5-11(2)22(14)18/h5-8,12-13,16-19,23-24H,9H2,1-4H3/t12-,13+,16-,17+,18+,19-,20-/m1/s1. The number of hydrogen-bond donors (Lipinski definition) is 2. The third-order valence-electron chi connectivity index (χ3n) is 6.94. The van der Waals surface area contributed by atoms with Gasteiger partial charge in [0.2, 0.25) is 0 Å². The minimum Gasteiger partial charge on any atom is -0.390 e. The molecule has 2 N–H and O–H groups in total. The minimum atomic E-state index is -0.964. The van der Waals surface area contributed by atoms with Crippen molar-refractivity contribution in [3.63, 3.8) is 0 Å². The average Bonchev–Trinajstić information content (AvgIpc) is 3.15. The van der Waals surface area contributed by atoms with Crippen LogP contribution in [0.5, 0.6) is 0 Å². The van der Waals surface area contributed by atoms with Gasteiger partial charge in [0.05, 0.1) is 30.2 Å². The maximum absolute atomic E-state index is 11.2. The molecule has 0 amide bonds. The Balaban J connectivity index is 1.85. The Morgan fingerprint density at radius 3 is 2.56 bits per heavy atom. The van der Waals surface area contributed by atoms with Gasteiger partial charge < -0.3 is 24.1 Å². The number of aromatic nitrogens is 2. The first-order valence-electron chi connectivity index (χ1n) is 9.26. The molecule has 4 bridgehead atoms. The van der Waals surface area contributed by atoms with Gasteiger partial charge in [-0.1, -0.05) is 0 Å². The average molecular weight is 342 g/mol. The van der Waals surface area contributed by atoms with E-state index in [1.165, 1.54) is 17.1 Å². The van der Waals surface area contributed by atoms with E-state index in [2.05, 4.69) is 54.2 Å². The quantitative estimate of drug-likeness (QED) is 0.836. The number of aryl methyl sites for hydroxylation is 2. The van der Waals surface area contributed by atoms with E-state index in [1.54, 1.807) is 6.92 Å². The van der Waals surface area contributed by atoms with Gasteiger partial charge in [0.1, 0.15) is 11.7 Å². The first-order valence-corrected chi connectivity index (χ1v) is 9.26. The first-order chi connectivity index (χ1) is 11.9. The molecule has 1 saturated heterocycles. The highest BCUT2D eigenvalue weighted by atomic mass is 16.5. The van der Waals surface area contributed by atoms with Crippen LogP contribution in [0, 0.1) is 13.8 Å². The zero-order valence-corrected chi connectivity index (χ0v) is 15.2. The van der Waals surface area contributed by atoms with E-state index in [-0.39, 0.29) is 24.1 Å². The molecular formula is C20H26N2O3. The van der Waals surface area contributed by atoms with Gasteiger partial charge in [-0.15, -0.1) is 0 Å². The van der Waals surface area contributed by atoms with E-state index in [0.717, 1.165) is 5.69 Å². The topological polar surface area (TPSA) is 59.6 Å². The van der Waals surface area contributed by atoms with Crippen LogP contribution in [0.2, 0.25) is 0 Å². The second kappa shape index (κ2) is 4.78. The molecule has 0 spiro atoms. The predicted molar refractivity (Wildman–Crippen MR) is 93.8 cm³/mol. The van der Waals surface area contributed by atoms with E-state index in [4.69, 9.17) is 4.74 Å². The summed E-state index contributed by atoms with van der Waals surface area (Å²) in [6.07, 6.45) is -1.06. The van der Waals surface area contributed by atoms with Crippen LogP contribution < -0.4 is 0 Å². The molecule has 3 aliphatic heterocycles. The van der Waals surface area contributed by atoms with Gasteiger partial charge in [0.15, 0.2) is 0 Å². The number of hydrogen-bond acceptors (Lipinski definition) is 3. The molecule has 2 aromatic heterocycles. The molecule has 5 heteroatoms. The number of ether oxygens (including phenoxy) is 1. The van der Waals surface area contributed by atoms with E-state index in [1.807, 2.05) is 0 Å². The third kappa shape index (κ3) is 1.65. The second-order valence-corrected chi connectivity index (χ2v) is 8.15. The lowest BCUT2D eigenvalue weighted by Crippen LogP contribution is -2.55. The lowest BCUT2D eigenvalue weighted by atomic mass is 9.72. The molecule has 134 valence electrons. The summed E-state index contributed by atoms with van der Waals surface area (Å²) in [6.45, 7) is 8.19. The van der Waals surface area contributed by atoms with Crippen LogP contribution in [0.3, 0.4) is 0 Å². The number of aliphatic hydroxyl groups excluding tert-OH is 2. The van der Waals surface area contributed by atoms with Gasteiger partial charge in [0.25, 0.3) is 0 Å². The number of rotatable bonds is 1. The summed E-state index contributed by atoms with van der Waals surface area (Å²) in [7, 11) is 0. The molecule has 0 aromatic carbocycles. The lowest BCUT2D eigenvalue weighted by Gasteiger charge is -2.40. The van der Waals surface area contributed by atoms with Gasteiger partial charge in [-0.05, 0) is 52.0 Å². The molecule has 5 rings (SSSR count). The van der Waals surface area contributed by atoms with Crippen molar-refractivity contribution >= 4 is 0 Å². The summed E-state index contributed by atoms with van der Waals surface area (Å²) < 4.78 is 11.3. The van der Waals surface area contributed by atoms with Crippen LogP contribution in [-0.4, -0.2) is 43.3 Å². The van der Waals surface area contributed by atoms with Crippen molar-refractivity contribution in [2.24, 2.45) is 0 Å². The number of aliphatic hydroxyl groups is 2. The van der Waals surface area contributed by atoms with Crippen LogP contribution in [0.4, 0.5) is 0 Å². The molecule has 0 radical (unpaired) electrons. The van der Waals surface area contributed by atoms with Crippen molar-refractivity contribution < 1.29 is 14.9 Å². The normalized spacial score (nSPS) is 39.7. The van der Waals surface area contributed by atoms with Crippen LogP contribution in [0.25, 0.3) is 0 Å². The Kier molecular flexibility index (Phi) is 3.00. The molecule has 5 heterocycles. The molecule has 1 fully saturated rings. The van der Waals surface area contributed by atoms with Gasteiger partial charge in [0, 0.05) is 29.2 Å². The highest BCUT2D eigenvalue weighted by Crippen LogP contribution is 2.61. The fourth-order valence-corrected chi connectivity index (χ4v) is 5.93. The maximum atomic E-state index is 11.2. The highest BCUT2D eigenvalue weighted by molar-refractivity contribution is 5.37. The summed E-state index contributed by atoms with van der Waals surface area (Å²) in [5.74, 6) is -0.0650. The van der Waals surface area contributed by atoms with Crippen molar-refractivity contribution in [1.29, 1.82) is 0 Å². The van der Waals surface area contributed by atoms with Crippen molar-refractivity contribution in [3.05, 3.63) is 47.0 Å². The molecule has 0 aliphatic carbocycles. The zero-order chi connectivity index (χ0) is 17.7. The molecule has 25 heavy (non-hydrogen) atoms. The molecule has 0 saturated carbocycles. The highest BCUT2D eigenvalue weighted by Gasteiger charge is 2.67. The fraction of sp³-hybridized carbons (Fsp3) is 0.600. The monoisotopic (exact) mass is 342 g/mol. The summed E-state index contributed by atoms with van der Waals surface area (Å²) in [5, 5.41) is 22.0. The van der Waals surface area contributed by atoms with E-state index in [9.17, 15) is 10.2 Å². The predicted octanol–water partition coefficient (Wildman–Crippen LogP) is 2.24. The zero-order valence-electron chi connectivity index (χ0n) is 15.2. The fourth-order valence-electron chi connectivity index (χ4n) is 5.93.